The summed E-state index contributed by atoms with van der Waals surface area (Å²) in [6.45, 7) is 5.19. The molecule has 0 radical (unpaired) electrons. The van der Waals surface area contributed by atoms with Crippen LogP contribution in [0.2, 0.25) is 0 Å². The molecule has 3 rings (SSSR count). The van der Waals surface area contributed by atoms with E-state index in [0.717, 1.165) is 12.2 Å². The van der Waals surface area contributed by atoms with Gasteiger partial charge in [0.25, 0.3) is 0 Å². The summed E-state index contributed by atoms with van der Waals surface area (Å²) in [5.74, 6) is 0. The molecular formula is C19H20N2. The maximum Gasteiger partial charge on any atom is 0.0469 e. The van der Waals surface area contributed by atoms with Crippen LogP contribution < -0.4 is 5.32 Å². The van der Waals surface area contributed by atoms with Gasteiger partial charge in [-0.2, -0.15) is 0 Å². The summed E-state index contributed by atoms with van der Waals surface area (Å²) in [6.07, 6.45) is 4.12. The van der Waals surface area contributed by atoms with E-state index in [1.54, 1.807) is 0 Å². The van der Waals surface area contributed by atoms with Crippen LogP contribution in [0.1, 0.15) is 16.7 Å². The number of hydrogen-bond acceptors (Lipinski definition) is 1. The lowest BCUT2D eigenvalue weighted by Gasteiger charge is -2.12. The van der Waals surface area contributed by atoms with Crippen LogP contribution in [0.5, 0.6) is 0 Å². The van der Waals surface area contributed by atoms with Gasteiger partial charge < -0.3 is 9.88 Å². The first kappa shape index (κ1) is 13.5. The smallest absolute Gasteiger partial charge is 0.0469 e. The molecule has 2 nitrogen and oxygen atoms in total. The molecule has 0 aliphatic heterocycles. The molecule has 2 heteroatoms. The molecule has 0 atom stereocenters. The summed E-state index contributed by atoms with van der Waals surface area (Å²) in [6, 6.07) is 19.0. The second kappa shape index (κ2) is 5.88. The number of aromatic nitrogens is 1. The fourth-order valence-electron chi connectivity index (χ4n) is 2.48. The summed E-state index contributed by atoms with van der Waals surface area (Å²) >= 11 is 0. The van der Waals surface area contributed by atoms with E-state index in [4.69, 9.17) is 0 Å². The van der Waals surface area contributed by atoms with Gasteiger partial charge in [0.05, 0.1) is 0 Å². The molecule has 0 unspecified atom stereocenters. The molecule has 3 aromatic rings. The van der Waals surface area contributed by atoms with Gasteiger partial charge in [0.15, 0.2) is 0 Å². The summed E-state index contributed by atoms with van der Waals surface area (Å²) in [5, 5.41) is 3.52. The van der Waals surface area contributed by atoms with Crippen molar-refractivity contribution in [1.29, 1.82) is 0 Å². The van der Waals surface area contributed by atoms with Crippen LogP contribution in [0.4, 0.5) is 5.69 Å². The lowest BCUT2D eigenvalue weighted by Crippen LogP contribution is -2.02. The van der Waals surface area contributed by atoms with Gasteiger partial charge in [0.1, 0.15) is 0 Å². The van der Waals surface area contributed by atoms with Crippen molar-refractivity contribution in [2.45, 2.75) is 20.4 Å². The molecule has 0 aliphatic rings. The zero-order valence-electron chi connectivity index (χ0n) is 12.5. The second-order valence-corrected chi connectivity index (χ2v) is 5.35. The van der Waals surface area contributed by atoms with Gasteiger partial charge in [-0.15, -0.1) is 0 Å². The van der Waals surface area contributed by atoms with Crippen molar-refractivity contribution in [2.24, 2.45) is 0 Å². The number of nitrogens with one attached hydrogen (secondary N) is 1. The molecule has 0 aliphatic carbocycles. The monoisotopic (exact) mass is 276 g/mol. The van der Waals surface area contributed by atoms with Crippen molar-refractivity contribution >= 4 is 5.69 Å². The molecule has 0 bridgehead atoms. The lowest BCUT2D eigenvalue weighted by atomic mass is 10.0. The SMILES string of the molecule is Cc1cccc(CNc2cccc(-n3cccc3)c2)c1C. The van der Waals surface area contributed by atoms with Gasteiger partial charge in [-0.05, 0) is 60.9 Å². The minimum absolute atomic E-state index is 0.850. The highest BCUT2D eigenvalue weighted by Gasteiger charge is 2.01. The zero-order valence-corrected chi connectivity index (χ0v) is 12.5. The van der Waals surface area contributed by atoms with Gasteiger partial charge >= 0.3 is 0 Å². The number of benzene rings is 2. The first-order chi connectivity index (χ1) is 10.2. The van der Waals surface area contributed by atoms with Crippen LogP contribution in [-0.4, -0.2) is 4.57 Å². The van der Waals surface area contributed by atoms with E-state index in [0.29, 0.717) is 0 Å². The Labute approximate surface area is 126 Å². The fourth-order valence-corrected chi connectivity index (χ4v) is 2.48. The maximum atomic E-state index is 3.52. The van der Waals surface area contributed by atoms with E-state index in [1.807, 2.05) is 12.1 Å². The van der Waals surface area contributed by atoms with E-state index < -0.39 is 0 Å². The molecule has 1 aromatic heterocycles. The molecule has 1 N–H and O–H groups in total. The van der Waals surface area contributed by atoms with E-state index in [-0.39, 0.29) is 0 Å². The Bertz CT molecular complexity index is 727. The molecule has 0 saturated heterocycles. The highest BCUT2D eigenvalue weighted by atomic mass is 14.9. The molecule has 0 fully saturated rings. The number of hydrogen-bond donors (Lipinski definition) is 1. The summed E-state index contributed by atoms with van der Waals surface area (Å²) in [5.41, 5.74) is 6.37. The van der Waals surface area contributed by atoms with E-state index in [2.05, 4.69) is 78.6 Å². The molecule has 106 valence electrons. The minimum atomic E-state index is 0.850. The maximum absolute atomic E-state index is 3.52. The van der Waals surface area contributed by atoms with E-state index >= 15 is 0 Å². The largest absolute Gasteiger partial charge is 0.381 e. The average Bonchev–Trinajstić information content (AvgIpc) is 3.03. The van der Waals surface area contributed by atoms with Crippen LogP contribution in [0.15, 0.2) is 67.0 Å². The molecular weight excluding hydrogens is 256 g/mol. The van der Waals surface area contributed by atoms with Crippen molar-refractivity contribution in [3.63, 3.8) is 0 Å². The number of nitrogens with zero attached hydrogens (tertiary/aromatic N) is 1. The van der Waals surface area contributed by atoms with Gasteiger partial charge in [0, 0.05) is 30.3 Å². The predicted octanol–water partition coefficient (Wildman–Crippen LogP) is 4.71. The van der Waals surface area contributed by atoms with Crippen LogP contribution >= 0.6 is 0 Å². The van der Waals surface area contributed by atoms with Gasteiger partial charge in [-0.25, -0.2) is 0 Å². The Balaban J connectivity index is 1.77. The Morgan fingerprint density at radius 1 is 0.905 bits per heavy atom. The molecule has 0 amide bonds. The Morgan fingerprint density at radius 2 is 1.67 bits per heavy atom. The van der Waals surface area contributed by atoms with Gasteiger partial charge in [0.2, 0.25) is 0 Å². The number of aryl methyl sites for hydroxylation is 1. The Kier molecular flexibility index (Phi) is 3.78. The Morgan fingerprint density at radius 3 is 2.48 bits per heavy atom. The van der Waals surface area contributed by atoms with Crippen molar-refractivity contribution in [2.75, 3.05) is 5.32 Å². The normalized spacial score (nSPS) is 10.6. The quantitative estimate of drug-likeness (QED) is 0.730. The molecule has 1 heterocycles. The standard InChI is InChI=1S/C19H20N2/c1-15-7-5-8-17(16(15)2)14-20-18-9-6-10-19(13-18)21-11-3-4-12-21/h3-13,20H,14H2,1-2H3. The highest BCUT2D eigenvalue weighted by molar-refractivity contribution is 5.52. The van der Waals surface area contributed by atoms with Crippen molar-refractivity contribution in [3.8, 4) is 5.69 Å². The van der Waals surface area contributed by atoms with E-state index in [1.165, 1.54) is 22.4 Å². The van der Waals surface area contributed by atoms with Crippen LogP contribution in [-0.2, 0) is 6.54 Å². The van der Waals surface area contributed by atoms with Crippen molar-refractivity contribution in [1.82, 2.24) is 4.57 Å². The molecule has 0 saturated carbocycles. The first-order valence-electron chi connectivity index (χ1n) is 7.26. The third kappa shape index (κ3) is 3.00. The van der Waals surface area contributed by atoms with Crippen molar-refractivity contribution in [3.05, 3.63) is 83.7 Å². The predicted molar refractivity (Wildman–Crippen MR) is 89.0 cm³/mol. The summed E-state index contributed by atoms with van der Waals surface area (Å²) < 4.78 is 2.11. The second-order valence-electron chi connectivity index (χ2n) is 5.35. The number of rotatable bonds is 4. The van der Waals surface area contributed by atoms with Crippen LogP contribution in [0, 0.1) is 13.8 Å². The minimum Gasteiger partial charge on any atom is -0.381 e. The van der Waals surface area contributed by atoms with Crippen LogP contribution in [0.25, 0.3) is 5.69 Å². The molecule has 0 spiro atoms. The van der Waals surface area contributed by atoms with Crippen LogP contribution in [0.3, 0.4) is 0 Å². The Hall–Kier alpha value is -2.48. The van der Waals surface area contributed by atoms with Crippen molar-refractivity contribution < 1.29 is 0 Å². The van der Waals surface area contributed by atoms with E-state index in [9.17, 15) is 0 Å². The zero-order chi connectivity index (χ0) is 14.7. The summed E-state index contributed by atoms with van der Waals surface area (Å²) in [7, 11) is 0. The molecule has 21 heavy (non-hydrogen) atoms. The van der Waals surface area contributed by atoms with Gasteiger partial charge in [-0.1, -0.05) is 24.3 Å². The number of anilines is 1. The lowest BCUT2D eigenvalue weighted by molar-refractivity contribution is 1.07. The highest BCUT2D eigenvalue weighted by Crippen LogP contribution is 2.18. The molecule has 2 aromatic carbocycles. The third-order valence-corrected chi connectivity index (χ3v) is 3.95. The average molecular weight is 276 g/mol. The van der Waals surface area contributed by atoms with Gasteiger partial charge in [-0.3, -0.25) is 0 Å². The fraction of sp³-hybridized carbons (Fsp3) is 0.158. The summed E-state index contributed by atoms with van der Waals surface area (Å²) in [4.78, 5) is 0. The first-order valence-corrected chi connectivity index (χ1v) is 7.26. The third-order valence-electron chi connectivity index (χ3n) is 3.95. The topological polar surface area (TPSA) is 17.0 Å².